The molecule has 0 aliphatic rings. The fraction of sp³-hybridized carbons (Fsp3) is 0.133. The summed E-state index contributed by atoms with van der Waals surface area (Å²) in [5.74, 6) is -0.0601. The van der Waals surface area contributed by atoms with E-state index < -0.39 is 11.9 Å². The van der Waals surface area contributed by atoms with Crippen molar-refractivity contribution in [2.75, 3.05) is 0 Å². The van der Waals surface area contributed by atoms with Crippen LogP contribution in [0.4, 0.5) is 4.39 Å². The molecule has 1 N–H and O–H groups in total. The molecular formula is C15H11ClFNO2. The van der Waals surface area contributed by atoms with E-state index in [4.69, 9.17) is 21.6 Å². The molecule has 0 aliphatic heterocycles. The van der Waals surface area contributed by atoms with Gasteiger partial charge in [-0.15, -0.1) is 0 Å². The highest BCUT2D eigenvalue weighted by atomic mass is 35.5. The average molecular weight is 292 g/mol. The first kappa shape index (κ1) is 14.3. The summed E-state index contributed by atoms with van der Waals surface area (Å²) in [5, 5.41) is 18.4. The number of nitrogens with zero attached hydrogens (tertiary/aromatic N) is 1. The van der Waals surface area contributed by atoms with Gasteiger partial charge in [-0.05, 0) is 36.8 Å². The largest absolute Gasteiger partial charge is 0.456 e. The summed E-state index contributed by atoms with van der Waals surface area (Å²) >= 11 is 6.04. The number of benzene rings is 2. The van der Waals surface area contributed by atoms with Crippen LogP contribution in [0.2, 0.25) is 5.02 Å². The number of aliphatic hydroxyl groups excluding tert-OH is 1. The zero-order chi connectivity index (χ0) is 14.7. The van der Waals surface area contributed by atoms with Gasteiger partial charge in [0.2, 0.25) is 0 Å². The third kappa shape index (κ3) is 3.08. The van der Waals surface area contributed by atoms with Crippen molar-refractivity contribution >= 4 is 11.6 Å². The minimum Gasteiger partial charge on any atom is -0.456 e. The Morgan fingerprint density at radius 3 is 2.60 bits per heavy atom. The first-order valence-electron chi connectivity index (χ1n) is 5.86. The van der Waals surface area contributed by atoms with Gasteiger partial charge < -0.3 is 9.84 Å². The Labute approximate surface area is 120 Å². The molecule has 0 bridgehead atoms. The Bertz CT molecular complexity index is 680. The van der Waals surface area contributed by atoms with Crippen molar-refractivity contribution < 1.29 is 14.2 Å². The van der Waals surface area contributed by atoms with E-state index in [1.807, 2.05) is 0 Å². The van der Waals surface area contributed by atoms with Crippen molar-refractivity contribution in [2.45, 2.75) is 13.0 Å². The van der Waals surface area contributed by atoms with Gasteiger partial charge in [0, 0.05) is 6.07 Å². The molecule has 0 unspecified atom stereocenters. The van der Waals surface area contributed by atoms with Gasteiger partial charge in [0.1, 0.15) is 23.4 Å². The van der Waals surface area contributed by atoms with Gasteiger partial charge in [0.25, 0.3) is 0 Å². The molecule has 1 atom stereocenters. The summed E-state index contributed by atoms with van der Waals surface area (Å²) < 4.78 is 18.9. The summed E-state index contributed by atoms with van der Waals surface area (Å²) in [7, 11) is 0. The van der Waals surface area contributed by atoms with Gasteiger partial charge in [-0.3, -0.25) is 0 Å². The lowest BCUT2D eigenvalue weighted by atomic mass is 10.1. The van der Waals surface area contributed by atoms with Crippen LogP contribution in [0, 0.1) is 17.1 Å². The molecule has 0 heterocycles. The Morgan fingerprint density at radius 1 is 1.30 bits per heavy atom. The first-order chi connectivity index (χ1) is 9.51. The minimum absolute atomic E-state index is 0.0482. The molecule has 102 valence electrons. The molecular weight excluding hydrogens is 281 g/mol. The molecule has 3 nitrogen and oxygen atoms in total. The highest BCUT2D eigenvalue weighted by Gasteiger charge is 2.09. The van der Waals surface area contributed by atoms with E-state index in [9.17, 15) is 9.50 Å². The van der Waals surface area contributed by atoms with Crippen molar-refractivity contribution in [3.05, 3.63) is 58.4 Å². The quantitative estimate of drug-likeness (QED) is 0.922. The Morgan fingerprint density at radius 2 is 2.05 bits per heavy atom. The highest BCUT2D eigenvalue weighted by Crippen LogP contribution is 2.32. The van der Waals surface area contributed by atoms with E-state index in [-0.39, 0.29) is 11.3 Å². The molecule has 5 heteroatoms. The zero-order valence-electron chi connectivity index (χ0n) is 10.6. The average Bonchev–Trinajstić information content (AvgIpc) is 2.41. The number of rotatable bonds is 3. The van der Waals surface area contributed by atoms with Gasteiger partial charge in [0.05, 0.1) is 16.7 Å². The lowest BCUT2D eigenvalue weighted by molar-refractivity contribution is 0.199. The van der Waals surface area contributed by atoms with E-state index in [1.165, 1.54) is 12.1 Å². The summed E-state index contributed by atoms with van der Waals surface area (Å²) in [5.41, 5.74) is 0.612. The Kier molecular flexibility index (Phi) is 4.23. The summed E-state index contributed by atoms with van der Waals surface area (Å²) in [4.78, 5) is 0. The monoisotopic (exact) mass is 291 g/mol. The highest BCUT2D eigenvalue weighted by molar-refractivity contribution is 6.32. The van der Waals surface area contributed by atoms with Gasteiger partial charge >= 0.3 is 0 Å². The Hall–Kier alpha value is -2.09. The zero-order valence-corrected chi connectivity index (χ0v) is 11.4. The molecule has 0 aliphatic carbocycles. The predicted molar refractivity (Wildman–Crippen MR) is 73.3 cm³/mol. The van der Waals surface area contributed by atoms with E-state index in [1.54, 1.807) is 31.2 Å². The van der Waals surface area contributed by atoms with Crippen molar-refractivity contribution in [2.24, 2.45) is 0 Å². The van der Waals surface area contributed by atoms with Crippen LogP contribution in [0.3, 0.4) is 0 Å². The summed E-state index contributed by atoms with van der Waals surface area (Å²) in [6.45, 7) is 1.63. The van der Waals surface area contributed by atoms with Crippen LogP contribution in [0.25, 0.3) is 0 Å². The van der Waals surface area contributed by atoms with E-state index in [0.717, 1.165) is 6.07 Å². The van der Waals surface area contributed by atoms with Gasteiger partial charge in [-0.1, -0.05) is 17.7 Å². The number of aliphatic hydroxyl groups is 1. The topological polar surface area (TPSA) is 53.2 Å². The van der Waals surface area contributed by atoms with Crippen molar-refractivity contribution in [3.63, 3.8) is 0 Å². The lowest BCUT2D eigenvalue weighted by Crippen LogP contribution is -1.93. The van der Waals surface area contributed by atoms with Crippen LogP contribution in [0.15, 0.2) is 36.4 Å². The number of ether oxygens (including phenoxy) is 1. The van der Waals surface area contributed by atoms with Gasteiger partial charge in [0.15, 0.2) is 0 Å². The summed E-state index contributed by atoms with van der Waals surface area (Å²) in [6, 6.07) is 10.5. The molecule has 2 aromatic rings. The van der Waals surface area contributed by atoms with Crippen LogP contribution in [-0.2, 0) is 0 Å². The third-order valence-electron chi connectivity index (χ3n) is 2.73. The normalized spacial score (nSPS) is 11.8. The Balaban J connectivity index is 2.26. The molecule has 0 saturated heterocycles. The van der Waals surface area contributed by atoms with Crippen molar-refractivity contribution in [3.8, 4) is 17.6 Å². The lowest BCUT2D eigenvalue weighted by Gasteiger charge is -2.10. The first-order valence-corrected chi connectivity index (χ1v) is 6.24. The predicted octanol–water partition coefficient (Wildman–Crippen LogP) is 4.20. The van der Waals surface area contributed by atoms with Gasteiger partial charge in [-0.25, -0.2) is 4.39 Å². The van der Waals surface area contributed by atoms with Crippen LogP contribution < -0.4 is 4.74 Å². The smallest absolute Gasteiger partial charge is 0.146 e. The second-order valence-electron chi connectivity index (χ2n) is 4.22. The second kappa shape index (κ2) is 5.91. The number of nitriles is 1. The maximum Gasteiger partial charge on any atom is 0.146 e. The molecule has 0 amide bonds. The molecule has 20 heavy (non-hydrogen) atoms. The molecule has 0 saturated carbocycles. The molecule has 0 spiro atoms. The third-order valence-corrected chi connectivity index (χ3v) is 3.02. The van der Waals surface area contributed by atoms with E-state index in [0.29, 0.717) is 16.3 Å². The fourth-order valence-electron chi connectivity index (χ4n) is 1.64. The van der Waals surface area contributed by atoms with E-state index in [2.05, 4.69) is 0 Å². The van der Waals surface area contributed by atoms with Crippen LogP contribution in [0.5, 0.6) is 11.5 Å². The van der Waals surface area contributed by atoms with Crippen LogP contribution in [0.1, 0.15) is 24.2 Å². The molecule has 0 radical (unpaired) electrons. The maximum atomic E-state index is 13.5. The number of halogens is 2. The van der Waals surface area contributed by atoms with E-state index >= 15 is 0 Å². The molecule has 2 rings (SSSR count). The number of hydrogen-bond acceptors (Lipinski definition) is 3. The standard InChI is InChI=1S/C15H11ClFNO2/c1-9(19)10-3-5-15(13(16)6-10)20-12-4-2-11(8-18)14(17)7-12/h2-7,9,19H,1H3/t9-/m1/s1. The van der Waals surface area contributed by atoms with Crippen LogP contribution in [-0.4, -0.2) is 5.11 Å². The van der Waals surface area contributed by atoms with Gasteiger partial charge in [-0.2, -0.15) is 5.26 Å². The SMILES string of the molecule is C[C@@H](O)c1ccc(Oc2ccc(C#N)c(F)c2)c(Cl)c1. The molecule has 2 aromatic carbocycles. The van der Waals surface area contributed by atoms with Crippen LogP contribution >= 0.6 is 11.6 Å². The minimum atomic E-state index is -0.651. The van der Waals surface area contributed by atoms with Crippen molar-refractivity contribution in [1.82, 2.24) is 0 Å². The fourth-order valence-corrected chi connectivity index (χ4v) is 1.86. The molecule has 0 fully saturated rings. The van der Waals surface area contributed by atoms with Crippen molar-refractivity contribution in [1.29, 1.82) is 5.26 Å². The summed E-state index contributed by atoms with van der Waals surface area (Å²) in [6.07, 6.45) is -0.631. The second-order valence-corrected chi connectivity index (χ2v) is 4.63. The number of hydrogen-bond donors (Lipinski definition) is 1. The molecule has 0 aromatic heterocycles. The maximum absolute atomic E-state index is 13.5.